The Bertz CT molecular complexity index is 487. The summed E-state index contributed by atoms with van der Waals surface area (Å²) in [6.45, 7) is 0.407. The van der Waals surface area contributed by atoms with Crippen molar-refractivity contribution >= 4 is 5.97 Å². The smallest absolute Gasteiger partial charge is 0.356 e. The summed E-state index contributed by atoms with van der Waals surface area (Å²) >= 11 is 0. The predicted octanol–water partition coefficient (Wildman–Crippen LogP) is -0.242. The molecule has 15 heavy (non-hydrogen) atoms. The maximum atomic E-state index is 10.6. The normalized spacial score (nSPS) is 10.5. The highest BCUT2D eigenvalue weighted by Gasteiger charge is 2.08. The molecule has 0 fully saturated rings. The van der Waals surface area contributed by atoms with Crippen molar-refractivity contribution in [3.63, 3.8) is 0 Å². The van der Waals surface area contributed by atoms with Crippen LogP contribution in [0.1, 0.15) is 16.3 Å². The second kappa shape index (κ2) is 3.52. The van der Waals surface area contributed by atoms with Crippen molar-refractivity contribution in [3.8, 4) is 0 Å². The quantitative estimate of drug-likeness (QED) is 0.750. The van der Waals surface area contributed by atoms with Gasteiger partial charge in [-0.05, 0) is 6.07 Å². The van der Waals surface area contributed by atoms with E-state index in [4.69, 9.17) is 5.11 Å². The monoisotopic (exact) mass is 207 g/mol. The number of aromatic nitrogens is 5. The van der Waals surface area contributed by atoms with Crippen LogP contribution in [0.15, 0.2) is 18.6 Å². The lowest BCUT2D eigenvalue weighted by Gasteiger charge is -1.99. The molecule has 2 aromatic rings. The summed E-state index contributed by atoms with van der Waals surface area (Å²) in [7, 11) is 1.77. The molecule has 0 aliphatic heterocycles. The molecule has 0 unspecified atom stereocenters. The Morgan fingerprint density at radius 1 is 1.60 bits per heavy atom. The highest BCUT2D eigenvalue weighted by Crippen LogP contribution is 1.99. The van der Waals surface area contributed by atoms with Gasteiger partial charge in [-0.25, -0.2) is 9.78 Å². The molecule has 78 valence electrons. The van der Waals surface area contributed by atoms with Gasteiger partial charge in [-0.1, -0.05) is 0 Å². The first kappa shape index (κ1) is 9.38. The second-order valence-electron chi connectivity index (χ2n) is 3.00. The summed E-state index contributed by atoms with van der Waals surface area (Å²) in [5.41, 5.74) is 0.0252. The largest absolute Gasteiger partial charge is 0.476 e. The van der Waals surface area contributed by atoms with Gasteiger partial charge in [0.15, 0.2) is 5.69 Å². The van der Waals surface area contributed by atoms with Crippen molar-refractivity contribution in [1.82, 2.24) is 24.5 Å². The highest BCUT2D eigenvalue weighted by molar-refractivity contribution is 5.84. The summed E-state index contributed by atoms with van der Waals surface area (Å²) in [5.74, 6) is -0.318. The summed E-state index contributed by atoms with van der Waals surface area (Å²) < 4.78 is 3.12. The fourth-order valence-electron chi connectivity index (χ4n) is 1.17. The third kappa shape index (κ3) is 1.85. The van der Waals surface area contributed by atoms with Crippen LogP contribution in [0.25, 0.3) is 0 Å². The van der Waals surface area contributed by atoms with E-state index in [1.165, 1.54) is 17.1 Å². The summed E-state index contributed by atoms with van der Waals surface area (Å²) in [4.78, 5) is 14.6. The first-order chi connectivity index (χ1) is 7.16. The van der Waals surface area contributed by atoms with Gasteiger partial charge >= 0.3 is 5.97 Å². The van der Waals surface area contributed by atoms with Crippen molar-refractivity contribution in [2.24, 2.45) is 7.05 Å². The van der Waals surface area contributed by atoms with Gasteiger partial charge < -0.3 is 5.11 Å². The van der Waals surface area contributed by atoms with Crippen LogP contribution in [0.4, 0.5) is 0 Å². The van der Waals surface area contributed by atoms with Crippen LogP contribution in [-0.4, -0.2) is 35.6 Å². The van der Waals surface area contributed by atoms with Gasteiger partial charge in [0.05, 0.1) is 0 Å². The Morgan fingerprint density at radius 2 is 2.40 bits per heavy atom. The van der Waals surface area contributed by atoms with Crippen LogP contribution in [0.5, 0.6) is 0 Å². The fourth-order valence-corrected chi connectivity index (χ4v) is 1.17. The molecule has 1 N–H and O–H groups in total. The standard InChI is InChI=1S/C8H9N5O2/c1-12-7(9-5-10-12)4-13-3-2-6(11-13)8(14)15/h2-3,5H,4H2,1H3,(H,14,15). The van der Waals surface area contributed by atoms with Crippen LogP contribution in [-0.2, 0) is 13.6 Å². The van der Waals surface area contributed by atoms with E-state index >= 15 is 0 Å². The topological polar surface area (TPSA) is 85.8 Å². The molecule has 7 nitrogen and oxygen atoms in total. The van der Waals surface area contributed by atoms with E-state index in [2.05, 4.69) is 15.2 Å². The third-order valence-electron chi connectivity index (χ3n) is 1.97. The molecule has 2 rings (SSSR count). The molecule has 2 heterocycles. The minimum atomic E-state index is -1.04. The van der Waals surface area contributed by atoms with E-state index in [9.17, 15) is 4.79 Å². The van der Waals surface area contributed by atoms with Crippen molar-refractivity contribution in [2.45, 2.75) is 6.54 Å². The van der Waals surface area contributed by atoms with Gasteiger partial charge in [-0.3, -0.25) is 9.36 Å². The maximum absolute atomic E-state index is 10.6. The van der Waals surface area contributed by atoms with Gasteiger partial charge in [0.2, 0.25) is 0 Å². The lowest BCUT2D eigenvalue weighted by Crippen LogP contribution is -2.08. The molecule has 0 aliphatic carbocycles. The Hall–Kier alpha value is -2.18. The molecule has 2 aromatic heterocycles. The Morgan fingerprint density at radius 3 is 2.93 bits per heavy atom. The average Bonchev–Trinajstić information content (AvgIpc) is 2.77. The van der Waals surface area contributed by atoms with E-state index in [0.29, 0.717) is 6.54 Å². The zero-order chi connectivity index (χ0) is 10.8. The van der Waals surface area contributed by atoms with E-state index in [0.717, 1.165) is 5.82 Å². The van der Waals surface area contributed by atoms with Gasteiger partial charge in [0.25, 0.3) is 0 Å². The molecule has 0 saturated carbocycles. The lowest BCUT2D eigenvalue weighted by molar-refractivity contribution is 0.0689. The minimum Gasteiger partial charge on any atom is -0.476 e. The number of hydrogen-bond acceptors (Lipinski definition) is 4. The predicted molar refractivity (Wildman–Crippen MR) is 49.3 cm³/mol. The highest BCUT2D eigenvalue weighted by atomic mass is 16.4. The van der Waals surface area contributed by atoms with E-state index in [1.807, 2.05) is 0 Å². The van der Waals surface area contributed by atoms with Crippen LogP contribution in [0.2, 0.25) is 0 Å². The van der Waals surface area contributed by atoms with Crippen LogP contribution in [0, 0.1) is 0 Å². The van der Waals surface area contributed by atoms with Crippen LogP contribution in [0.3, 0.4) is 0 Å². The zero-order valence-electron chi connectivity index (χ0n) is 8.03. The molecule has 0 aromatic carbocycles. The van der Waals surface area contributed by atoms with E-state index < -0.39 is 5.97 Å². The first-order valence-corrected chi connectivity index (χ1v) is 4.26. The Balaban J connectivity index is 2.18. The average molecular weight is 207 g/mol. The number of hydrogen-bond donors (Lipinski definition) is 1. The molecule has 0 atom stereocenters. The minimum absolute atomic E-state index is 0.0252. The molecule has 0 aliphatic rings. The molecule has 7 heteroatoms. The molecule has 0 amide bonds. The molecular formula is C8H9N5O2. The number of carboxylic acid groups (broad SMARTS) is 1. The van der Waals surface area contributed by atoms with Crippen molar-refractivity contribution in [1.29, 1.82) is 0 Å². The lowest BCUT2D eigenvalue weighted by atomic mass is 10.5. The fraction of sp³-hybridized carbons (Fsp3) is 0.250. The van der Waals surface area contributed by atoms with Gasteiger partial charge in [-0.2, -0.15) is 10.2 Å². The van der Waals surface area contributed by atoms with E-state index in [1.54, 1.807) is 17.9 Å². The molecule has 0 bridgehead atoms. The van der Waals surface area contributed by atoms with Crippen LogP contribution < -0.4 is 0 Å². The first-order valence-electron chi connectivity index (χ1n) is 4.26. The van der Waals surface area contributed by atoms with Crippen molar-refractivity contribution in [3.05, 3.63) is 30.1 Å². The van der Waals surface area contributed by atoms with E-state index in [-0.39, 0.29) is 5.69 Å². The van der Waals surface area contributed by atoms with Crippen LogP contribution >= 0.6 is 0 Å². The Labute approximate surface area is 85.0 Å². The summed E-state index contributed by atoms with van der Waals surface area (Å²) in [5, 5.41) is 16.4. The number of aromatic carboxylic acids is 1. The number of carbonyl (C=O) groups is 1. The SMILES string of the molecule is Cn1ncnc1Cn1ccc(C(=O)O)n1. The maximum Gasteiger partial charge on any atom is 0.356 e. The van der Waals surface area contributed by atoms with Gasteiger partial charge in [0, 0.05) is 13.2 Å². The summed E-state index contributed by atoms with van der Waals surface area (Å²) in [6, 6.07) is 1.44. The zero-order valence-corrected chi connectivity index (χ0v) is 8.03. The number of rotatable bonds is 3. The summed E-state index contributed by atoms with van der Waals surface area (Å²) in [6.07, 6.45) is 3.04. The van der Waals surface area contributed by atoms with Gasteiger partial charge in [-0.15, -0.1) is 0 Å². The van der Waals surface area contributed by atoms with Crippen molar-refractivity contribution < 1.29 is 9.90 Å². The van der Waals surface area contributed by atoms with Crippen molar-refractivity contribution in [2.75, 3.05) is 0 Å². The number of nitrogens with zero attached hydrogens (tertiary/aromatic N) is 5. The number of carboxylic acids is 1. The number of aryl methyl sites for hydroxylation is 1. The molecule has 0 radical (unpaired) electrons. The van der Waals surface area contributed by atoms with Gasteiger partial charge in [0.1, 0.15) is 18.7 Å². The Kier molecular flexibility index (Phi) is 2.20. The molecule has 0 spiro atoms. The third-order valence-corrected chi connectivity index (χ3v) is 1.97. The molecular weight excluding hydrogens is 198 g/mol. The second-order valence-corrected chi connectivity index (χ2v) is 3.00. The molecule has 0 saturated heterocycles.